The summed E-state index contributed by atoms with van der Waals surface area (Å²) >= 11 is 0. The van der Waals surface area contributed by atoms with Gasteiger partial charge in [0, 0.05) is 24.8 Å². The highest BCUT2D eigenvalue weighted by Gasteiger charge is 2.16. The van der Waals surface area contributed by atoms with Crippen LogP contribution in [0.5, 0.6) is 0 Å². The summed E-state index contributed by atoms with van der Waals surface area (Å²) in [6, 6.07) is 3.44. The molecule has 0 saturated heterocycles. The van der Waals surface area contributed by atoms with Crippen molar-refractivity contribution in [3.05, 3.63) is 24.5 Å². The van der Waals surface area contributed by atoms with Gasteiger partial charge in [0.1, 0.15) is 0 Å². The van der Waals surface area contributed by atoms with Gasteiger partial charge in [0.15, 0.2) is 0 Å². The van der Waals surface area contributed by atoms with E-state index in [0.717, 1.165) is 0 Å². The Balaban J connectivity index is 2.63. The molecule has 0 amide bonds. The zero-order chi connectivity index (χ0) is 8.81. The zero-order valence-electron chi connectivity index (χ0n) is 6.69. The van der Waals surface area contributed by atoms with Crippen LogP contribution in [0.4, 0.5) is 0 Å². The maximum Gasteiger partial charge on any atom is 0.570 e. The summed E-state index contributed by atoms with van der Waals surface area (Å²) in [5.41, 5.74) is 0.597. The maximum absolute atomic E-state index is 9.29. The van der Waals surface area contributed by atoms with Gasteiger partial charge in [-0.2, -0.15) is 0 Å². The predicted octanol–water partition coefficient (Wildman–Crippen LogP) is -0.233. The van der Waals surface area contributed by atoms with Gasteiger partial charge in [0.05, 0.1) is 6.11 Å². The Bertz CT molecular complexity index is 291. The fourth-order valence-electron chi connectivity index (χ4n) is 0.705. The number of hydrogen-bond acceptors (Lipinski definition) is 3. The van der Waals surface area contributed by atoms with Gasteiger partial charge >= 0.3 is 7.12 Å². The van der Waals surface area contributed by atoms with Gasteiger partial charge in [-0.25, -0.2) is 0 Å². The molecule has 0 spiro atoms. The van der Waals surface area contributed by atoms with E-state index in [0.29, 0.717) is 5.46 Å². The lowest BCUT2D eigenvalue weighted by molar-refractivity contribution is 0.408. The molecule has 0 aliphatic heterocycles. The third kappa shape index (κ3) is 2.29. The van der Waals surface area contributed by atoms with E-state index < -0.39 is 7.12 Å². The van der Waals surface area contributed by atoms with E-state index in [1.165, 1.54) is 6.20 Å². The molecule has 0 aliphatic carbocycles. The smallest absolute Gasteiger partial charge is 0.483 e. The Labute approximate surface area is 71.5 Å². The van der Waals surface area contributed by atoms with Crippen molar-refractivity contribution < 1.29 is 9.68 Å². The summed E-state index contributed by atoms with van der Waals surface area (Å²) in [6.45, 7) is 1.63. The Morgan fingerprint density at radius 1 is 1.67 bits per heavy atom. The fourth-order valence-corrected chi connectivity index (χ4v) is 0.705. The molecule has 12 heavy (non-hydrogen) atoms. The Kier molecular flexibility index (Phi) is 3.18. The SMILES string of the molecule is CC#COB(O)c1cccnc1. The molecule has 1 aromatic heterocycles. The van der Waals surface area contributed by atoms with Crippen LogP contribution in [0.25, 0.3) is 0 Å². The zero-order valence-corrected chi connectivity index (χ0v) is 6.69. The molecular formula is C8H8BNO2. The van der Waals surface area contributed by atoms with Gasteiger partial charge in [-0.15, -0.1) is 0 Å². The quantitative estimate of drug-likeness (QED) is 0.481. The lowest BCUT2D eigenvalue weighted by Gasteiger charge is -2.00. The molecule has 0 fully saturated rings. The average molecular weight is 161 g/mol. The minimum Gasteiger partial charge on any atom is -0.483 e. The fraction of sp³-hybridized carbons (Fsp3) is 0.125. The van der Waals surface area contributed by atoms with E-state index in [4.69, 9.17) is 4.65 Å². The molecule has 0 aliphatic rings. The minimum atomic E-state index is -1.01. The Morgan fingerprint density at radius 2 is 2.50 bits per heavy atom. The van der Waals surface area contributed by atoms with Crippen LogP contribution in [0, 0.1) is 12.0 Å². The van der Waals surface area contributed by atoms with Gasteiger partial charge < -0.3 is 9.68 Å². The molecule has 1 rings (SSSR count). The minimum absolute atomic E-state index is 0.597. The number of nitrogens with zero attached hydrogens (tertiary/aromatic N) is 1. The highest BCUT2D eigenvalue weighted by molar-refractivity contribution is 6.60. The summed E-state index contributed by atoms with van der Waals surface area (Å²) < 4.78 is 4.73. The Hall–Kier alpha value is -1.47. The van der Waals surface area contributed by atoms with Crippen LogP contribution >= 0.6 is 0 Å². The molecule has 1 N–H and O–H groups in total. The van der Waals surface area contributed by atoms with Crippen molar-refractivity contribution in [3.63, 3.8) is 0 Å². The third-order valence-electron chi connectivity index (χ3n) is 1.24. The second-order valence-corrected chi connectivity index (χ2v) is 2.11. The molecule has 60 valence electrons. The first-order valence-electron chi connectivity index (χ1n) is 3.50. The molecule has 0 atom stereocenters. The van der Waals surface area contributed by atoms with Gasteiger partial charge in [0.25, 0.3) is 0 Å². The van der Waals surface area contributed by atoms with Crippen molar-refractivity contribution in [2.24, 2.45) is 0 Å². The van der Waals surface area contributed by atoms with Gasteiger partial charge in [-0.05, 0) is 6.07 Å². The number of pyridine rings is 1. The van der Waals surface area contributed by atoms with Crippen LogP contribution in [-0.4, -0.2) is 17.1 Å². The van der Waals surface area contributed by atoms with Crippen LogP contribution in [0.1, 0.15) is 6.92 Å². The summed E-state index contributed by atoms with van der Waals surface area (Å²) in [4.78, 5) is 3.83. The monoisotopic (exact) mass is 161 g/mol. The predicted molar refractivity (Wildman–Crippen MR) is 46.4 cm³/mol. The van der Waals surface area contributed by atoms with Crippen LogP contribution in [0.2, 0.25) is 0 Å². The number of hydrogen-bond donors (Lipinski definition) is 1. The summed E-state index contributed by atoms with van der Waals surface area (Å²) in [5.74, 6) is 2.52. The summed E-state index contributed by atoms with van der Waals surface area (Å²) in [5, 5.41) is 9.29. The van der Waals surface area contributed by atoms with Crippen molar-refractivity contribution in [1.82, 2.24) is 4.98 Å². The largest absolute Gasteiger partial charge is 0.570 e. The summed E-state index contributed by atoms with van der Waals surface area (Å²) in [6.07, 6.45) is 5.48. The van der Waals surface area contributed by atoms with Gasteiger partial charge in [-0.1, -0.05) is 12.0 Å². The first-order chi connectivity index (χ1) is 5.84. The second-order valence-electron chi connectivity index (χ2n) is 2.11. The van der Waals surface area contributed by atoms with E-state index in [9.17, 15) is 5.02 Å². The Morgan fingerprint density at radius 3 is 3.08 bits per heavy atom. The van der Waals surface area contributed by atoms with E-state index >= 15 is 0 Å². The second kappa shape index (κ2) is 4.42. The van der Waals surface area contributed by atoms with Crippen LogP contribution < -0.4 is 5.46 Å². The molecular weight excluding hydrogens is 153 g/mol. The van der Waals surface area contributed by atoms with Crippen molar-refractivity contribution in [3.8, 4) is 12.0 Å². The van der Waals surface area contributed by atoms with E-state index in [-0.39, 0.29) is 0 Å². The van der Waals surface area contributed by atoms with Crippen LogP contribution in [0.3, 0.4) is 0 Å². The highest BCUT2D eigenvalue weighted by atomic mass is 16.5. The molecule has 1 aromatic rings. The number of aromatic nitrogens is 1. The molecule has 0 bridgehead atoms. The van der Waals surface area contributed by atoms with E-state index in [1.54, 1.807) is 25.3 Å². The van der Waals surface area contributed by atoms with Crippen LogP contribution in [-0.2, 0) is 4.65 Å². The molecule has 0 saturated carbocycles. The normalized spacial score (nSPS) is 8.17. The van der Waals surface area contributed by atoms with Crippen molar-refractivity contribution in [2.75, 3.05) is 0 Å². The lowest BCUT2D eigenvalue weighted by atomic mass is 9.81. The van der Waals surface area contributed by atoms with Crippen molar-refractivity contribution in [1.29, 1.82) is 0 Å². The van der Waals surface area contributed by atoms with E-state index in [2.05, 4.69) is 17.0 Å². The van der Waals surface area contributed by atoms with E-state index in [1.807, 2.05) is 0 Å². The molecule has 0 radical (unpaired) electrons. The molecule has 0 aromatic carbocycles. The topological polar surface area (TPSA) is 42.4 Å². The van der Waals surface area contributed by atoms with Crippen molar-refractivity contribution >= 4 is 12.6 Å². The molecule has 0 unspecified atom stereocenters. The van der Waals surface area contributed by atoms with Gasteiger partial charge in [0.2, 0.25) is 0 Å². The first-order valence-corrected chi connectivity index (χ1v) is 3.50. The first kappa shape index (κ1) is 8.63. The van der Waals surface area contributed by atoms with Crippen molar-refractivity contribution in [2.45, 2.75) is 6.92 Å². The molecule has 4 heteroatoms. The average Bonchev–Trinajstić information content (AvgIpc) is 2.15. The molecule has 3 nitrogen and oxygen atoms in total. The van der Waals surface area contributed by atoms with Gasteiger partial charge in [-0.3, -0.25) is 4.98 Å². The summed E-state index contributed by atoms with van der Waals surface area (Å²) in [7, 11) is -1.01. The highest BCUT2D eigenvalue weighted by Crippen LogP contribution is 1.83. The molecule has 1 heterocycles. The number of rotatable bonds is 2. The lowest BCUT2D eigenvalue weighted by Crippen LogP contribution is -2.32. The maximum atomic E-state index is 9.29. The standard InChI is InChI=1S/C8H8BNO2/c1-2-6-12-9(11)8-4-3-5-10-7-8/h3-5,7,11H,1H3. The third-order valence-corrected chi connectivity index (χ3v) is 1.24. The van der Waals surface area contributed by atoms with Crippen LogP contribution in [0.15, 0.2) is 24.5 Å².